The first-order chi connectivity index (χ1) is 15.6. The highest BCUT2D eigenvalue weighted by Crippen LogP contribution is 2.21. The molecule has 0 unspecified atom stereocenters. The first kappa shape index (κ1) is 21.6. The van der Waals surface area contributed by atoms with Crippen LogP contribution >= 0.6 is 0 Å². The van der Waals surface area contributed by atoms with Crippen molar-refractivity contribution in [1.29, 1.82) is 0 Å². The fourth-order valence-corrected chi connectivity index (χ4v) is 3.84. The minimum atomic E-state index is -0.489. The largest absolute Gasteiger partial charge is 0.425 e. The molecule has 0 aliphatic carbocycles. The van der Waals surface area contributed by atoms with E-state index in [1.54, 1.807) is 0 Å². The van der Waals surface area contributed by atoms with Gasteiger partial charge in [0.05, 0.1) is 11.9 Å². The van der Waals surface area contributed by atoms with Gasteiger partial charge in [-0.2, -0.15) is 4.73 Å². The van der Waals surface area contributed by atoms with Crippen LogP contribution in [-0.4, -0.2) is 14.9 Å². The van der Waals surface area contributed by atoms with Gasteiger partial charge < -0.3 is 5.21 Å². The number of nitrogens with zero attached hydrogens (tertiary/aromatic N) is 2. The van der Waals surface area contributed by atoms with Crippen molar-refractivity contribution in [2.75, 3.05) is 0 Å². The molecule has 0 aliphatic rings. The quantitative estimate of drug-likeness (QED) is 0.273. The van der Waals surface area contributed by atoms with Gasteiger partial charge in [-0.3, -0.25) is 4.79 Å². The second-order valence-electron chi connectivity index (χ2n) is 8.12. The lowest BCUT2D eigenvalue weighted by Crippen LogP contribution is -2.24. The van der Waals surface area contributed by atoms with E-state index in [1.807, 2.05) is 54.6 Å². The van der Waals surface area contributed by atoms with Crippen LogP contribution in [0, 0.1) is 0 Å². The third kappa shape index (κ3) is 5.14. The van der Waals surface area contributed by atoms with Gasteiger partial charge in [-0.25, -0.2) is 4.98 Å². The van der Waals surface area contributed by atoms with Crippen molar-refractivity contribution < 1.29 is 5.21 Å². The summed E-state index contributed by atoms with van der Waals surface area (Å²) in [6, 6.07) is 26.5. The average molecular weight is 425 g/mol. The number of hydrogen-bond acceptors (Lipinski definition) is 3. The van der Waals surface area contributed by atoms with Crippen LogP contribution in [0.1, 0.15) is 43.0 Å². The molecule has 0 spiro atoms. The van der Waals surface area contributed by atoms with Crippen LogP contribution in [0.5, 0.6) is 0 Å². The Morgan fingerprint density at radius 2 is 1.41 bits per heavy atom. The average Bonchev–Trinajstić information content (AvgIpc) is 2.83. The molecule has 0 atom stereocenters. The molecule has 0 bridgehead atoms. The monoisotopic (exact) mass is 424 g/mol. The first-order valence-corrected chi connectivity index (χ1v) is 11.2. The summed E-state index contributed by atoms with van der Waals surface area (Å²) >= 11 is 0. The van der Waals surface area contributed by atoms with Crippen molar-refractivity contribution in [3.8, 4) is 22.4 Å². The third-order valence-electron chi connectivity index (χ3n) is 5.71. The summed E-state index contributed by atoms with van der Waals surface area (Å²) in [5.74, 6) is 0. The molecule has 1 N–H and O–H groups in total. The second kappa shape index (κ2) is 10.1. The van der Waals surface area contributed by atoms with Crippen LogP contribution in [0.25, 0.3) is 22.4 Å². The predicted molar refractivity (Wildman–Crippen MR) is 129 cm³/mol. The lowest BCUT2D eigenvalue weighted by atomic mass is 10.0. The highest BCUT2D eigenvalue weighted by atomic mass is 16.5. The number of aryl methyl sites for hydroxylation is 1. The molecule has 4 nitrogen and oxygen atoms in total. The molecule has 4 aromatic rings. The molecule has 0 aliphatic heterocycles. The van der Waals surface area contributed by atoms with E-state index in [-0.39, 0.29) is 0 Å². The molecule has 4 heteroatoms. The molecule has 0 saturated heterocycles. The fraction of sp³-hybridized carbons (Fsp3) is 0.214. The molecule has 0 fully saturated rings. The maximum atomic E-state index is 12.5. The SMILES string of the molecule is CCCCCc1ccc(-c2cn(O)c(=O)c(Cc3ccc(-c4ccccc4)cc3)n2)cc1. The summed E-state index contributed by atoms with van der Waals surface area (Å²) in [4.78, 5) is 17.1. The molecule has 0 radical (unpaired) electrons. The maximum absolute atomic E-state index is 12.5. The van der Waals surface area contributed by atoms with Crippen molar-refractivity contribution in [2.45, 2.75) is 39.0 Å². The van der Waals surface area contributed by atoms with E-state index in [0.29, 0.717) is 22.5 Å². The Bertz CT molecular complexity index is 1210. The summed E-state index contributed by atoms with van der Waals surface area (Å²) in [6.45, 7) is 2.20. The van der Waals surface area contributed by atoms with Gasteiger partial charge in [-0.15, -0.1) is 0 Å². The molecule has 32 heavy (non-hydrogen) atoms. The van der Waals surface area contributed by atoms with Crippen LogP contribution in [-0.2, 0) is 12.8 Å². The Hall–Kier alpha value is -3.66. The van der Waals surface area contributed by atoms with E-state index in [0.717, 1.165) is 28.7 Å². The van der Waals surface area contributed by atoms with Gasteiger partial charge in [0.25, 0.3) is 0 Å². The Morgan fingerprint density at radius 1 is 0.781 bits per heavy atom. The normalized spacial score (nSPS) is 10.9. The zero-order valence-electron chi connectivity index (χ0n) is 18.4. The van der Waals surface area contributed by atoms with Gasteiger partial charge in [0.2, 0.25) is 0 Å². The van der Waals surface area contributed by atoms with Gasteiger partial charge in [-0.05, 0) is 35.1 Å². The molecule has 3 aromatic carbocycles. The molecule has 4 rings (SSSR count). The standard InChI is InChI=1S/C28H28N2O2/c1-2-3-5-8-21-11-17-25(18-12-21)27-20-30(32)28(31)26(29-27)19-22-13-15-24(16-14-22)23-9-6-4-7-10-23/h4,6-7,9-18,20,32H,2-3,5,8,19H2,1H3. The summed E-state index contributed by atoms with van der Waals surface area (Å²) in [5, 5.41) is 10.2. The molecular weight excluding hydrogens is 396 g/mol. The summed E-state index contributed by atoms with van der Waals surface area (Å²) in [6.07, 6.45) is 6.42. The van der Waals surface area contributed by atoms with Crippen molar-refractivity contribution in [3.63, 3.8) is 0 Å². The Morgan fingerprint density at radius 3 is 2.09 bits per heavy atom. The van der Waals surface area contributed by atoms with Crippen LogP contribution in [0.4, 0.5) is 0 Å². The number of aromatic nitrogens is 2. The van der Waals surface area contributed by atoms with Gasteiger partial charge in [0.1, 0.15) is 5.69 Å². The zero-order chi connectivity index (χ0) is 22.3. The van der Waals surface area contributed by atoms with Gasteiger partial charge in [0, 0.05) is 12.0 Å². The predicted octanol–water partition coefficient (Wildman–Crippen LogP) is 6.14. The lowest BCUT2D eigenvalue weighted by Gasteiger charge is -2.09. The maximum Gasteiger partial charge on any atom is 0.304 e. The first-order valence-electron chi connectivity index (χ1n) is 11.2. The number of benzene rings is 3. The van der Waals surface area contributed by atoms with Crippen molar-refractivity contribution in [3.05, 3.63) is 112 Å². The third-order valence-corrected chi connectivity index (χ3v) is 5.71. The van der Waals surface area contributed by atoms with Crippen LogP contribution in [0.3, 0.4) is 0 Å². The topological polar surface area (TPSA) is 55.1 Å². The molecule has 0 amide bonds. The van der Waals surface area contributed by atoms with E-state index >= 15 is 0 Å². The smallest absolute Gasteiger partial charge is 0.304 e. The molecule has 1 aromatic heterocycles. The van der Waals surface area contributed by atoms with Crippen molar-refractivity contribution >= 4 is 0 Å². The summed E-state index contributed by atoms with van der Waals surface area (Å²) in [5.41, 5.74) is 5.83. The molecular formula is C28H28N2O2. The summed E-state index contributed by atoms with van der Waals surface area (Å²) < 4.78 is 0.644. The summed E-state index contributed by atoms with van der Waals surface area (Å²) in [7, 11) is 0. The highest BCUT2D eigenvalue weighted by Gasteiger charge is 2.11. The van der Waals surface area contributed by atoms with E-state index in [4.69, 9.17) is 0 Å². The van der Waals surface area contributed by atoms with Crippen molar-refractivity contribution in [1.82, 2.24) is 9.71 Å². The number of rotatable bonds is 8. The van der Waals surface area contributed by atoms with Gasteiger partial charge in [-0.1, -0.05) is 98.6 Å². The Balaban J connectivity index is 1.54. The van der Waals surface area contributed by atoms with Crippen molar-refractivity contribution in [2.24, 2.45) is 0 Å². The van der Waals surface area contributed by atoms with E-state index in [2.05, 4.69) is 36.2 Å². The van der Waals surface area contributed by atoms with E-state index in [1.165, 1.54) is 31.0 Å². The minimum absolute atomic E-state index is 0.324. The van der Waals surface area contributed by atoms with E-state index < -0.39 is 5.56 Å². The second-order valence-corrected chi connectivity index (χ2v) is 8.12. The Kier molecular flexibility index (Phi) is 6.81. The minimum Gasteiger partial charge on any atom is -0.425 e. The van der Waals surface area contributed by atoms with Gasteiger partial charge >= 0.3 is 5.56 Å². The van der Waals surface area contributed by atoms with Crippen LogP contribution in [0.2, 0.25) is 0 Å². The van der Waals surface area contributed by atoms with Crippen LogP contribution < -0.4 is 5.56 Å². The zero-order valence-corrected chi connectivity index (χ0v) is 18.4. The fourth-order valence-electron chi connectivity index (χ4n) is 3.84. The Labute approximate surface area is 188 Å². The number of hydrogen-bond donors (Lipinski definition) is 1. The van der Waals surface area contributed by atoms with E-state index in [9.17, 15) is 10.0 Å². The molecule has 162 valence electrons. The highest BCUT2D eigenvalue weighted by molar-refractivity contribution is 5.63. The van der Waals surface area contributed by atoms with Crippen LogP contribution in [0.15, 0.2) is 89.9 Å². The lowest BCUT2D eigenvalue weighted by molar-refractivity contribution is 0.173. The van der Waals surface area contributed by atoms with Gasteiger partial charge in [0.15, 0.2) is 0 Å². The molecule has 0 saturated carbocycles. The number of unbranched alkanes of at least 4 members (excludes halogenated alkanes) is 2. The molecule has 1 heterocycles.